The van der Waals surface area contributed by atoms with Gasteiger partial charge in [0.1, 0.15) is 17.5 Å². The molecule has 2 aliphatic heterocycles. The number of hydrogen-bond donors (Lipinski definition) is 4. The van der Waals surface area contributed by atoms with Crippen LogP contribution < -0.4 is 21.3 Å². The smallest absolute Gasteiger partial charge is 0.355 e. The lowest BCUT2D eigenvalue weighted by Crippen LogP contribution is -2.47. The number of carbonyl (C=O) groups excluding carboxylic acids is 4. The van der Waals surface area contributed by atoms with Crippen molar-refractivity contribution in [3.63, 3.8) is 0 Å². The fourth-order valence-corrected chi connectivity index (χ4v) is 10.9. The predicted molar refractivity (Wildman–Crippen MR) is 276 cm³/mol. The molecule has 4 N–H and O–H groups in total. The summed E-state index contributed by atoms with van der Waals surface area (Å²) in [6, 6.07) is 7.40. The first kappa shape index (κ1) is 61.4. The number of fused-ring (bicyclic) bond motifs is 2. The summed E-state index contributed by atoms with van der Waals surface area (Å²) in [5.41, 5.74) is 4.69. The molecule has 0 radical (unpaired) electrons. The van der Waals surface area contributed by atoms with E-state index in [0.29, 0.717) is 69.7 Å². The van der Waals surface area contributed by atoms with Gasteiger partial charge in [0.05, 0.1) is 64.7 Å². The Morgan fingerprint density at radius 2 is 1.20 bits per heavy atom. The zero-order chi connectivity index (χ0) is 60.2. The zero-order valence-corrected chi connectivity index (χ0v) is 45.8. The Labute approximate surface area is 469 Å². The number of alkyl halides is 10. The number of carbonyl (C=O) groups is 4. The standard InChI is InChI=1S/C27H32F5N7O2.C21H23F2N7O.C6H8F3NO/c1-3-38-21(6-9-34-38)25(41)36-23(16-4-7-26(28,29)8-5-16)20-14-39-22(35-20)10-15(2)19(37-39)12-17-11-18(27(30,31)32)13-33-24(17)40;1-3-29-17(6-9-25-29)20(31)27-19(14-4-7-21(22,23)8-5-14)16-12-30-18(26-16)10-15(11-24)13(2)28-30;7-6(8,9)4-1-2-5(11)10-3-4/h6,9-10,14,16-18,23H,3-5,7-8,11-13H2,1-2H3,(H,33,40)(H,36,41);6,9-10,12,14,19H,3-5,7-8H2,1-2H3,(H,27,31);4H,1-3H2,(H,10,11)/t17?,18-,23?;;4-/m1.1/s1. The van der Waals surface area contributed by atoms with Crippen LogP contribution >= 0.6 is 0 Å². The SMILES string of the molecule is CCn1nccc1C(=O)NC(c1cn2nc(C)c(C#N)cc2n1)C1CCC(F)(F)CC1.CCn1nccc1C(=O)NC(c1cn2nc(CC3C[C@@H](C(F)(F)F)CNC3=O)c(C)cc2n1)C1CCC(F)(F)CC1.O=C1CC[C@@H](C(F)(F)F)CN1. The molecule has 83 heavy (non-hydrogen) atoms. The molecule has 6 aromatic heterocycles. The molecule has 2 saturated heterocycles. The molecule has 4 aliphatic rings. The van der Waals surface area contributed by atoms with Crippen LogP contribution in [0.25, 0.3) is 11.3 Å². The van der Waals surface area contributed by atoms with Crippen LogP contribution in [0.2, 0.25) is 0 Å². The molecule has 0 bridgehead atoms. The van der Waals surface area contributed by atoms with E-state index in [9.17, 15) is 68.3 Å². The second kappa shape index (κ2) is 25.0. The van der Waals surface area contributed by atoms with Gasteiger partial charge in [0.15, 0.2) is 11.3 Å². The first-order chi connectivity index (χ1) is 39.1. The molecule has 448 valence electrons. The van der Waals surface area contributed by atoms with E-state index in [0.717, 1.165) is 0 Å². The van der Waals surface area contributed by atoms with Crippen molar-refractivity contribution in [1.29, 1.82) is 5.26 Å². The van der Waals surface area contributed by atoms with Gasteiger partial charge in [0.25, 0.3) is 11.8 Å². The van der Waals surface area contributed by atoms with Crippen molar-refractivity contribution in [1.82, 2.24) is 70.0 Å². The Balaban J connectivity index is 0.000000188. The summed E-state index contributed by atoms with van der Waals surface area (Å²) >= 11 is 0. The van der Waals surface area contributed by atoms with Gasteiger partial charge in [0, 0.05) is 89.1 Å². The molecule has 19 nitrogen and oxygen atoms in total. The molecule has 0 spiro atoms. The van der Waals surface area contributed by atoms with Crippen LogP contribution in [0.4, 0.5) is 43.9 Å². The summed E-state index contributed by atoms with van der Waals surface area (Å²) in [6.45, 7) is 7.51. The lowest BCUT2D eigenvalue weighted by Gasteiger charge is -2.33. The second-order valence-corrected chi connectivity index (χ2v) is 21.5. The summed E-state index contributed by atoms with van der Waals surface area (Å²) in [5, 5.41) is 37.0. The highest BCUT2D eigenvalue weighted by Gasteiger charge is 2.46. The highest BCUT2D eigenvalue weighted by Crippen LogP contribution is 2.43. The van der Waals surface area contributed by atoms with E-state index in [1.807, 2.05) is 13.8 Å². The van der Waals surface area contributed by atoms with Gasteiger partial charge in [-0.25, -0.2) is 36.6 Å². The molecule has 8 heterocycles. The molecule has 29 heteroatoms. The van der Waals surface area contributed by atoms with Crippen molar-refractivity contribution < 1.29 is 63.1 Å². The number of amides is 4. The van der Waals surface area contributed by atoms with Gasteiger partial charge in [-0.2, -0.15) is 52.0 Å². The van der Waals surface area contributed by atoms with Gasteiger partial charge in [-0.15, -0.1) is 0 Å². The van der Waals surface area contributed by atoms with E-state index in [2.05, 4.69) is 57.7 Å². The summed E-state index contributed by atoms with van der Waals surface area (Å²) in [6.07, 6.45) is -2.71. The van der Waals surface area contributed by atoms with Crippen LogP contribution in [0.3, 0.4) is 0 Å². The van der Waals surface area contributed by atoms with E-state index < -0.39 is 72.4 Å². The molecule has 10 rings (SSSR count). The largest absolute Gasteiger partial charge is 0.393 e. The van der Waals surface area contributed by atoms with Crippen LogP contribution in [-0.4, -0.2) is 110 Å². The van der Waals surface area contributed by atoms with E-state index in [4.69, 9.17) is 0 Å². The number of aromatic nitrogens is 10. The Bertz CT molecular complexity index is 3310. The van der Waals surface area contributed by atoms with E-state index in [1.54, 1.807) is 65.9 Å². The third-order valence-electron chi connectivity index (χ3n) is 15.8. The quantitative estimate of drug-likeness (QED) is 0.0844. The average molecular weight is 1180 g/mol. The normalized spacial score (nSPS) is 21.1. The molecule has 2 saturated carbocycles. The van der Waals surface area contributed by atoms with Crippen LogP contribution in [0.15, 0.2) is 49.1 Å². The number of nitrogens with one attached hydrogen (secondary N) is 4. The number of aryl methyl sites for hydroxylation is 4. The number of piperidine rings is 2. The Morgan fingerprint density at radius 3 is 1.66 bits per heavy atom. The average Bonchev–Trinajstić information content (AvgIpc) is 3.54. The van der Waals surface area contributed by atoms with Gasteiger partial charge in [-0.3, -0.25) is 28.5 Å². The van der Waals surface area contributed by atoms with Crippen molar-refractivity contribution in [3.05, 3.63) is 94.3 Å². The van der Waals surface area contributed by atoms with Gasteiger partial charge >= 0.3 is 12.4 Å². The minimum atomic E-state index is -4.41. The summed E-state index contributed by atoms with van der Waals surface area (Å²) in [4.78, 5) is 58.3. The number of imidazole rings is 2. The molecule has 5 atom stereocenters. The maximum absolute atomic E-state index is 14.0. The maximum Gasteiger partial charge on any atom is 0.393 e. The van der Waals surface area contributed by atoms with Crippen LogP contribution in [-0.2, 0) is 29.1 Å². The summed E-state index contributed by atoms with van der Waals surface area (Å²) in [5.74, 6) is -11.2. The molecule has 2 aliphatic carbocycles. The lowest BCUT2D eigenvalue weighted by atomic mass is 9.81. The van der Waals surface area contributed by atoms with Crippen molar-refractivity contribution in [3.8, 4) is 6.07 Å². The molecular formula is C54H63F10N15O4. The third kappa shape index (κ3) is 14.9. The number of nitriles is 1. The van der Waals surface area contributed by atoms with Crippen LogP contribution in [0.1, 0.15) is 151 Å². The number of halogens is 10. The number of rotatable bonds is 12. The van der Waals surface area contributed by atoms with E-state index in [1.165, 1.54) is 15.4 Å². The van der Waals surface area contributed by atoms with Crippen molar-refractivity contribution in [2.24, 2.45) is 29.6 Å². The van der Waals surface area contributed by atoms with Gasteiger partial charge in [-0.05, 0) is 102 Å². The fourth-order valence-electron chi connectivity index (χ4n) is 10.9. The predicted octanol–water partition coefficient (Wildman–Crippen LogP) is 8.91. The van der Waals surface area contributed by atoms with Gasteiger partial charge in [-0.1, -0.05) is 0 Å². The number of hydrogen-bond acceptors (Lipinski definition) is 11. The van der Waals surface area contributed by atoms with Crippen LogP contribution in [0.5, 0.6) is 0 Å². The highest BCUT2D eigenvalue weighted by atomic mass is 19.4. The van der Waals surface area contributed by atoms with Gasteiger partial charge in [0.2, 0.25) is 23.7 Å². The van der Waals surface area contributed by atoms with Crippen LogP contribution in [0, 0.1) is 54.8 Å². The molecule has 6 aromatic rings. The Kier molecular flexibility index (Phi) is 18.5. The topological polar surface area (TPSA) is 236 Å². The zero-order valence-electron chi connectivity index (χ0n) is 45.8. The minimum Gasteiger partial charge on any atom is -0.355 e. The van der Waals surface area contributed by atoms with Crippen molar-refractivity contribution in [2.75, 3.05) is 13.1 Å². The first-order valence-corrected chi connectivity index (χ1v) is 27.4. The Hall–Kier alpha value is -7.67. The summed E-state index contributed by atoms with van der Waals surface area (Å²) < 4.78 is 137. The first-order valence-electron chi connectivity index (χ1n) is 27.4. The van der Waals surface area contributed by atoms with Crippen molar-refractivity contribution >= 4 is 34.9 Å². The monoisotopic (exact) mass is 1180 g/mol. The third-order valence-corrected chi connectivity index (χ3v) is 15.8. The van der Waals surface area contributed by atoms with Gasteiger partial charge < -0.3 is 21.3 Å². The minimum absolute atomic E-state index is 0.00975. The molecule has 4 fully saturated rings. The van der Waals surface area contributed by atoms with Crippen molar-refractivity contribution in [2.45, 2.75) is 154 Å². The Morgan fingerprint density at radius 1 is 0.723 bits per heavy atom. The molecule has 4 amide bonds. The highest BCUT2D eigenvalue weighted by molar-refractivity contribution is 5.93. The lowest BCUT2D eigenvalue weighted by molar-refractivity contribution is -0.184. The number of nitrogens with zero attached hydrogens (tertiary/aromatic N) is 11. The molecule has 3 unspecified atom stereocenters. The maximum atomic E-state index is 14.0. The molecule has 0 aromatic carbocycles. The summed E-state index contributed by atoms with van der Waals surface area (Å²) in [7, 11) is 0. The molecular weight excluding hydrogens is 1110 g/mol. The second-order valence-electron chi connectivity index (χ2n) is 21.5. The fraction of sp³-hybridized carbons (Fsp3) is 0.574. The van der Waals surface area contributed by atoms with E-state index in [-0.39, 0.29) is 107 Å². The van der Waals surface area contributed by atoms with E-state index >= 15 is 0 Å².